The van der Waals surface area contributed by atoms with Gasteiger partial charge in [-0.1, -0.05) is 176 Å². The van der Waals surface area contributed by atoms with Crippen molar-refractivity contribution in [3.63, 3.8) is 0 Å². The minimum atomic E-state index is 0.891. The van der Waals surface area contributed by atoms with Crippen LogP contribution in [-0.4, -0.2) is 0 Å². The molecule has 1 heterocycles. The molecule has 0 fully saturated rings. The molecule has 2 heteroatoms. The van der Waals surface area contributed by atoms with Crippen molar-refractivity contribution in [2.45, 2.75) is 0 Å². The minimum Gasteiger partial charge on any atom is -0.456 e. The number of para-hydroxylation sites is 1. The Bertz CT molecular complexity index is 3630. The van der Waals surface area contributed by atoms with Crippen LogP contribution in [0.3, 0.4) is 0 Å². The molecule has 12 aromatic rings. The monoisotopic (exact) mass is 789 g/mol. The number of rotatable bonds is 7. The maximum absolute atomic E-state index is 6.32. The number of hydrogen-bond donors (Lipinski definition) is 0. The van der Waals surface area contributed by atoms with Crippen molar-refractivity contribution < 1.29 is 4.42 Å². The first kappa shape index (κ1) is 35.7. The van der Waals surface area contributed by atoms with E-state index in [2.05, 4.69) is 229 Å². The van der Waals surface area contributed by atoms with Crippen LogP contribution in [0.25, 0.3) is 98.8 Å². The molecule has 0 atom stereocenters. The van der Waals surface area contributed by atoms with Crippen LogP contribution in [0.15, 0.2) is 241 Å². The molecule has 1 aromatic heterocycles. The molecular weight excluding hydrogens is 751 g/mol. The topological polar surface area (TPSA) is 16.4 Å². The highest BCUT2D eigenvalue weighted by Crippen LogP contribution is 2.42. The Kier molecular flexibility index (Phi) is 8.53. The highest BCUT2D eigenvalue weighted by atomic mass is 16.3. The van der Waals surface area contributed by atoms with E-state index in [4.69, 9.17) is 4.42 Å². The number of benzene rings is 11. The van der Waals surface area contributed by atoms with Crippen LogP contribution < -0.4 is 4.90 Å². The molecule has 0 saturated carbocycles. The Morgan fingerprint density at radius 1 is 0.258 bits per heavy atom. The van der Waals surface area contributed by atoms with Crippen molar-refractivity contribution in [2.75, 3.05) is 4.90 Å². The quantitative estimate of drug-likeness (QED) is 0.150. The summed E-state index contributed by atoms with van der Waals surface area (Å²) >= 11 is 0. The molecule has 0 saturated heterocycles. The lowest BCUT2D eigenvalue weighted by molar-refractivity contribution is 0.669. The zero-order valence-electron chi connectivity index (χ0n) is 33.9. The molecule has 2 nitrogen and oxygen atoms in total. The molecule has 0 amide bonds. The Hall–Kier alpha value is -8.20. The largest absolute Gasteiger partial charge is 0.456 e. The molecule has 0 aliphatic carbocycles. The molecule has 0 unspecified atom stereocenters. The van der Waals surface area contributed by atoms with Crippen molar-refractivity contribution in [3.8, 4) is 44.5 Å². The number of furan rings is 1. The van der Waals surface area contributed by atoms with Gasteiger partial charge in [-0.2, -0.15) is 0 Å². The van der Waals surface area contributed by atoms with Gasteiger partial charge in [0.1, 0.15) is 11.2 Å². The highest BCUT2D eigenvalue weighted by Gasteiger charge is 2.18. The van der Waals surface area contributed by atoms with E-state index < -0.39 is 0 Å². The first-order chi connectivity index (χ1) is 30.7. The third kappa shape index (κ3) is 6.29. The predicted molar refractivity (Wildman–Crippen MR) is 263 cm³/mol. The van der Waals surface area contributed by atoms with Gasteiger partial charge in [0, 0.05) is 27.8 Å². The third-order valence-corrected chi connectivity index (χ3v) is 12.4. The number of hydrogen-bond acceptors (Lipinski definition) is 2. The van der Waals surface area contributed by atoms with Gasteiger partial charge in [-0.25, -0.2) is 0 Å². The second-order valence-electron chi connectivity index (χ2n) is 16.1. The van der Waals surface area contributed by atoms with Gasteiger partial charge in [0.15, 0.2) is 0 Å². The molecule has 12 rings (SSSR count). The summed E-state index contributed by atoms with van der Waals surface area (Å²) in [5.41, 5.74) is 14.4. The lowest BCUT2D eigenvalue weighted by Crippen LogP contribution is -2.10. The van der Waals surface area contributed by atoms with E-state index >= 15 is 0 Å². The van der Waals surface area contributed by atoms with Crippen LogP contribution in [0.2, 0.25) is 0 Å². The molecule has 0 N–H and O–H groups in total. The van der Waals surface area contributed by atoms with Crippen molar-refractivity contribution in [1.82, 2.24) is 0 Å². The van der Waals surface area contributed by atoms with Crippen LogP contribution in [0, 0.1) is 0 Å². The van der Waals surface area contributed by atoms with Gasteiger partial charge in [0.25, 0.3) is 0 Å². The van der Waals surface area contributed by atoms with E-state index in [9.17, 15) is 0 Å². The molecule has 62 heavy (non-hydrogen) atoms. The predicted octanol–water partition coefficient (Wildman–Crippen LogP) is 17.2. The molecule has 0 aliphatic rings. The molecule has 0 radical (unpaired) electrons. The van der Waals surface area contributed by atoms with Crippen LogP contribution in [0.5, 0.6) is 0 Å². The fraction of sp³-hybridized carbons (Fsp3) is 0. The van der Waals surface area contributed by atoms with Gasteiger partial charge in [-0.3, -0.25) is 0 Å². The summed E-state index contributed by atoms with van der Waals surface area (Å²) in [4.78, 5) is 2.38. The maximum atomic E-state index is 6.32. The highest BCUT2D eigenvalue weighted by molar-refractivity contribution is 6.12. The average molecular weight is 790 g/mol. The Morgan fingerprint density at radius 2 is 0.758 bits per heavy atom. The van der Waals surface area contributed by atoms with Crippen molar-refractivity contribution in [3.05, 3.63) is 237 Å². The minimum absolute atomic E-state index is 0.891. The summed E-state index contributed by atoms with van der Waals surface area (Å²) in [5, 5.41) is 9.82. The SMILES string of the molecule is c1cc(-c2ccc(-c3ccc4ccccc4c3)cc2)cc(N(c2ccc(-c3ccc4c(ccc5ccccc54)c3)cc2)c2cccc(-c3cccc4oc5ccccc5c34)c2)c1. The van der Waals surface area contributed by atoms with Gasteiger partial charge in [-0.05, 0) is 137 Å². The number of nitrogens with zero attached hydrogens (tertiary/aromatic N) is 1. The van der Waals surface area contributed by atoms with E-state index in [1.807, 2.05) is 12.1 Å². The van der Waals surface area contributed by atoms with Crippen LogP contribution in [0.1, 0.15) is 0 Å². The zero-order valence-corrected chi connectivity index (χ0v) is 33.9. The smallest absolute Gasteiger partial charge is 0.136 e. The summed E-state index contributed by atoms with van der Waals surface area (Å²) in [5.74, 6) is 0. The summed E-state index contributed by atoms with van der Waals surface area (Å²) in [6.07, 6.45) is 0. The first-order valence-corrected chi connectivity index (χ1v) is 21.2. The van der Waals surface area contributed by atoms with Crippen molar-refractivity contribution >= 4 is 71.3 Å². The van der Waals surface area contributed by atoms with Crippen LogP contribution in [0.4, 0.5) is 17.1 Å². The Morgan fingerprint density at radius 3 is 1.53 bits per heavy atom. The van der Waals surface area contributed by atoms with Gasteiger partial charge in [0.05, 0.1) is 0 Å². The van der Waals surface area contributed by atoms with Crippen molar-refractivity contribution in [1.29, 1.82) is 0 Å². The van der Waals surface area contributed by atoms with E-state index in [1.165, 1.54) is 60.1 Å². The lowest BCUT2D eigenvalue weighted by Gasteiger charge is -2.27. The second-order valence-corrected chi connectivity index (χ2v) is 16.1. The Labute approximate surface area is 360 Å². The second kappa shape index (κ2) is 14.8. The summed E-state index contributed by atoms with van der Waals surface area (Å²) < 4.78 is 6.32. The van der Waals surface area contributed by atoms with Crippen LogP contribution >= 0.6 is 0 Å². The Balaban J connectivity index is 0.947. The van der Waals surface area contributed by atoms with E-state index in [0.717, 1.165) is 55.7 Å². The van der Waals surface area contributed by atoms with Crippen molar-refractivity contribution in [2.24, 2.45) is 0 Å². The number of anilines is 3. The maximum Gasteiger partial charge on any atom is 0.136 e. The van der Waals surface area contributed by atoms with Gasteiger partial charge in [-0.15, -0.1) is 0 Å². The van der Waals surface area contributed by atoms with E-state index in [-0.39, 0.29) is 0 Å². The lowest BCUT2D eigenvalue weighted by atomic mass is 9.97. The zero-order chi connectivity index (χ0) is 41.0. The standard InChI is InChI=1S/C60H39NO/c1-2-12-45-36-47(28-26-40(45)10-1)42-24-22-41(23-25-42)46-13-7-15-52(38-46)61(53-16-8-14-49(39-53)56-19-9-21-59-60(56)57-18-5-6-20-58(57)62-59)51-33-30-43(31-34-51)48-32-35-55-50(37-48)29-27-44-11-3-4-17-54(44)55/h1-39H. The molecule has 0 spiro atoms. The summed E-state index contributed by atoms with van der Waals surface area (Å²) in [7, 11) is 0. The summed E-state index contributed by atoms with van der Waals surface area (Å²) in [6, 6.07) is 85.6. The summed E-state index contributed by atoms with van der Waals surface area (Å²) in [6.45, 7) is 0. The third-order valence-electron chi connectivity index (χ3n) is 12.4. The van der Waals surface area contributed by atoms with E-state index in [1.54, 1.807) is 0 Å². The molecular formula is C60H39NO. The molecule has 290 valence electrons. The normalized spacial score (nSPS) is 11.5. The van der Waals surface area contributed by atoms with Crippen LogP contribution in [-0.2, 0) is 0 Å². The molecule has 0 aliphatic heterocycles. The number of fused-ring (bicyclic) bond motifs is 7. The van der Waals surface area contributed by atoms with Gasteiger partial charge < -0.3 is 9.32 Å². The van der Waals surface area contributed by atoms with Gasteiger partial charge >= 0.3 is 0 Å². The fourth-order valence-corrected chi connectivity index (χ4v) is 9.32. The first-order valence-electron chi connectivity index (χ1n) is 21.2. The fourth-order valence-electron chi connectivity index (χ4n) is 9.32. The van der Waals surface area contributed by atoms with Gasteiger partial charge in [0.2, 0.25) is 0 Å². The van der Waals surface area contributed by atoms with E-state index in [0.29, 0.717) is 0 Å². The molecule has 0 bridgehead atoms. The average Bonchev–Trinajstić information content (AvgIpc) is 3.73. The molecule has 11 aromatic carbocycles.